The van der Waals surface area contributed by atoms with Crippen LogP contribution in [0.25, 0.3) is 0 Å². The lowest BCUT2D eigenvalue weighted by molar-refractivity contribution is 0.614. The average Bonchev–Trinajstić information content (AvgIpc) is 2.46. The highest BCUT2D eigenvalue weighted by Crippen LogP contribution is 2.24. The quantitative estimate of drug-likeness (QED) is 0.877. The molecule has 21 heavy (non-hydrogen) atoms. The first kappa shape index (κ1) is 15.2. The fraction of sp³-hybridized carbons (Fsp3) is 0.375. The Morgan fingerprint density at radius 2 is 1.90 bits per heavy atom. The first-order valence-electron chi connectivity index (χ1n) is 7.11. The van der Waals surface area contributed by atoms with Crippen LogP contribution in [0, 0.1) is 19.7 Å². The molecule has 2 aromatic rings. The molecule has 2 N–H and O–H groups in total. The van der Waals surface area contributed by atoms with Gasteiger partial charge in [0.1, 0.15) is 23.8 Å². The van der Waals surface area contributed by atoms with E-state index < -0.39 is 0 Å². The summed E-state index contributed by atoms with van der Waals surface area (Å²) in [6, 6.07) is 5.25. The highest BCUT2D eigenvalue weighted by molar-refractivity contribution is 5.57. The predicted octanol–water partition coefficient (Wildman–Crippen LogP) is 3.84. The number of anilines is 2. The second-order valence-electron chi connectivity index (χ2n) is 5.10. The number of rotatable bonds is 5. The number of hydrogen-bond acceptors (Lipinski definition) is 4. The number of hydrogen-bond donors (Lipinski definition) is 2. The molecule has 1 aromatic heterocycles. The zero-order valence-electron chi connectivity index (χ0n) is 12.9. The van der Waals surface area contributed by atoms with E-state index in [9.17, 15) is 4.39 Å². The fourth-order valence-electron chi connectivity index (χ4n) is 2.11. The molecule has 0 spiro atoms. The van der Waals surface area contributed by atoms with Crippen molar-refractivity contribution in [2.24, 2.45) is 0 Å². The molecule has 0 saturated heterocycles. The number of benzene rings is 1. The summed E-state index contributed by atoms with van der Waals surface area (Å²) in [4.78, 5) is 8.48. The summed E-state index contributed by atoms with van der Waals surface area (Å²) in [5, 5.41) is 6.51. The van der Waals surface area contributed by atoms with Gasteiger partial charge in [-0.05, 0) is 44.9 Å². The van der Waals surface area contributed by atoms with Crippen LogP contribution in [-0.4, -0.2) is 16.5 Å². The lowest BCUT2D eigenvalue weighted by atomic mass is 10.1. The Balaban J connectivity index is 2.21. The van der Waals surface area contributed by atoms with Gasteiger partial charge in [0.05, 0.1) is 6.04 Å². The van der Waals surface area contributed by atoms with Crippen LogP contribution in [0.3, 0.4) is 0 Å². The molecule has 0 aliphatic carbocycles. The number of aryl methyl sites for hydroxylation is 1. The van der Waals surface area contributed by atoms with Crippen molar-refractivity contribution in [1.82, 2.24) is 9.97 Å². The maximum absolute atomic E-state index is 13.7. The van der Waals surface area contributed by atoms with Crippen molar-refractivity contribution in [2.75, 3.05) is 17.2 Å². The van der Waals surface area contributed by atoms with Gasteiger partial charge in [-0.2, -0.15) is 0 Å². The minimum Gasteiger partial charge on any atom is -0.370 e. The van der Waals surface area contributed by atoms with E-state index in [0.29, 0.717) is 5.56 Å². The fourth-order valence-corrected chi connectivity index (χ4v) is 2.11. The second-order valence-corrected chi connectivity index (χ2v) is 5.10. The van der Waals surface area contributed by atoms with Crippen LogP contribution in [0.2, 0.25) is 0 Å². The molecule has 0 amide bonds. The molecule has 0 radical (unpaired) electrons. The van der Waals surface area contributed by atoms with Gasteiger partial charge in [-0.3, -0.25) is 0 Å². The molecule has 1 atom stereocenters. The van der Waals surface area contributed by atoms with Crippen LogP contribution >= 0.6 is 0 Å². The highest BCUT2D eigenvalue weighted by Gasteiger charge is 2.12. The van der Waals surface area contributed by atoms with E-state index in [-0.39, 0.29) is 11.9 Å². The van der Waals surface area contributed by atoms with Crippen LogP contribution in [-0.2, 0) is 0 Å². The standard InChI is InChI=1S/C16H21FN4/c1-5-18-15-11(3)16(20-9-19-15)21-12(4)13-7-6-10(2)14(17)8-13/h6-9,12H,5H2,1-4H3,(H2,18,19,20,21). The third-order valence-electron chi connectivity index (χ3n) is 3.48. The summed E-state index contributed by atoms with van der Waals surface area (Å²) in [6.45, 7) is 8.53. The molecule has 1 aromatic carbocycles. The number of nitrogens with zero attached hydrogens (tertiary/aromatic N) is 2. The van der Waals surface area contributed by atoms with Crippen molar-refractivity contribution in [3.63, 3.8) is 0 Å². The first-order valence-corrected chi connectivity index (χ1v) is 7.11. The van der Waals surface area contributed by atoms with Crippen molar-refractivity contribution >= 4 is 11.6 Å². The first-order chi connectivity index (χ1) is 10.0. The molecule has 0 aliphatic heterocycles. The molecule has 0 saturated carbocycles. The van der Waals surface area contributed by atoms with Gasteiger partial charge in [-0.25, -0.2) is 14.4 Å². The topological polar surface area (TPSA) is 49.8 Å². The number of nitrogens with one attached hydrogen (secondary N) is 2. The second kappa shape index (κ2) is 6.52. The summed E-state index contributed by atoms with van der Waals surface area (Å²) in [5.74, 6) is 1.39. The normalized spacial score (nSPS) is 12.0. The zero-order chi connectivity index (χ0) is 15.4. The lowest BCUT2D eigenvalue weighted by Gasteiger charge is -2.18. The molecule has 0 bridgehead atoms. The third-order valence-corrected chi connectivity index (χ3v) is 3.48. The molecule has 4 nitrogen and oxygen atoms in total. The number of halogens is 1. The lowest BCUT2D eigenvalue weighted by Crippen LogP contribution is -2.12. The predicted molar refractivity (Wildman–Crippen MR) is 84.1 cm³/mol. The van der Waals surface area contributed by atoms with Gasteiger partial charge in [0.25, 0.3) is 0 Å². The molecule has 2 rings (SSSR count). The highest BCUT2D eigenvalue weighted by atomic mass is 19.1. The Morgan fingerprint density at radius 3 is 2.57 bits per heavy atom. The van der Waals surface area contributed by atoms with Crippen molar-refractivity contribution < 1.29 is 4.39 Å². The Bertz CT molecular complexity index is 628. The van der Waals surface area contributed by atoms with Gasteiger partial charge in [-0.1, -0.05) is 12.1 Å². The van der Waals surface area contributed by atoms with E-state index in [2.05, 4.69) is 20.6 Å². The van der Waals surface area contributed by atoms with Gasteiger partial charge in [0.15, 0.2) is 0 Å². The van der Waals surface area contributed by atoms with Crippen molar-refractivity contribution in [3.8, 4) is 0 Å². The van der Waals surface area contributed by atoms with E-state index in [1.54, 1.807) is 19.1 Å². The average molecular weight is 288 g/mol. The maximum Gasteiger partial charge on any atom is 0.134 e. The van der Waals surface area contributed by atoms with Crippen molar-refractivity contribution in [2.45, 2.75) is 33.7 Å². The molecule has 1 heterocycles. The Kier molecular flexibility index (Phi) is 4.73. The molecule has 0 aliphatic rings. The van der Waals surface area contributed by atoms with Gasteiger partial charge >= 0.3 is 0 Å². The summed E-state index contributed by atoms with van der Waals surface area (Å²) in [7, 11) is 0. The maximum atomic E-state index is 13.7. The van der Waals surface area contributed by atoms with Gasteiger partial charge in [0.2, 0.25) is 0 Å². The molecule has 112 valence electrons. The van der Waals surface area contributed by atoms with Crippen LogP contribution in [0.4, 0.5) is 16.0 Å². The number of aromatic nitrogens is 2. The SMILES string of the molecule is CCNc1ncnc(NC(C)c2ccc(C)c(F)c2)c1C. The Morgan fingerprint density at radius 1 is 1.19 bits per heavy atom. The van der Waals surface area contributed by atoms with Crippen LogP contribution in [0.5, 0.6) is 0 Å². The molecular weight excluding hydrogens is 267 g/mol. The molecule has 5 heteroatoms. The van der Waals surface area contributed by atoms with Gasteiger partial charge < -0.3 is 10.6 Å². The summed E-state index contributed by atoms with van der Waals surface area (Å²) >= 11 is 0. The monoisotopic (exact) mass is 288 g/mol. The smallest absolute Gasteiger partial charge is 0.134 e. The Labute approximate surface area is 124 Å². The van der Waals surface area contributed by atoms with Crippen molar-refractivity contribution in [1.29, 1.82) is 0 Å². The third kappa shape index (κ3) is 3.48. The minimum atomic E-state index is -0.186. The minimum absolute atomic E-state index is 0.0387. The van der Waals surface area contributed by atoms with Gasteiger partial charge in [-0.15, -0.1) is 0 Å². The van der Waals surface area contributed by atoms with Gasteiger partial charge in [0, 0.05) is 12.1 Å². The van der Waals surface area contributed by atoms with Crippen LogP contribution in [0.1, 0.15) is 36.6 Å². The Hall–Kier alpha value is -2.17. The largest absolute Gasteiger partial charge is 0.370 e. The summed E-state index contributed by atoms with van der Waals surface area (Å²) in [5.41, 5.74) is 2.50. The van der Waals surface area contributed by atoms with E-state index in [0.717, 1.165) is 29.3 Å². The zero-order valence-corrected chi connectivity index (χ0v) is 12.9. The van der Waals surface area contributed by atoms with Crippen molar-refractivity contribution in [3.05, 3.63) is 47.0 Å². The molecule has 1 unspecified atom stereocenters. The van der Waals surface area contributed by atoms with Crippen LogP contribution < -0.4 is 10.6 Å². The molecular formula is C16H21FN4. The van der Waals surface area contributed by atoms with E-state index in [1.807, 2.05) is 26.8 Å². The van der Waals surface area contributed by atoms with E-state index >= 15 is 0 Å². The van der Waals surface area contributed by atoms with Crippen LogP contribution in [0.15, 0.2) is 24.5 Å². The summed E-state index contributed by atoms with van der Waals surface area (Å²) in [6.07, 6.45) is 1.52. The van der Waals surface area contributed by atoms with E-state index in [4.69, 9.17) is 0 Å². The summed E-state index contributed by atoms with van der Waals surface area (Å²) < 4.78 is 13.7. The van der Waals surface area contributed by atoms with E-state index in [1.165, 1.54) is 6.33 Å². The molecule has 0 fully saturated rings.